The van der Waals surface area contributed by atoms with Crippen LogP contribution in [0, 0.1) is 0 Å². The molecule has 0 radical (unpaired) electrons. The van der Waals surface area contributed by atoms with Gasteiger partial charge < -0.3 is 14.7 Å². The molecule has 1 heterocycles. The van der Waals surface area contributed by atoms with E-state index < -0.39 is 7.32 Å². The second kappa shape index (κ2) is 3.57. The molecule has 0 bridgehead atoms. The second-order valence-corrected chi connectivity index (χ2v) is 2.16. The van der Waals surface area contributed by atoms with Crippen LogP contribution in [-0.2, 0) is 0 Å². The Bertz CT molecular complexity index is 245. The van der Waals surface area contributed by atoms with Gasteiger partial charge in [0.2, 0.25) is 0 Å². The number of aromatic nitrogens is 1. The highest BCUT2D eigenvalue weighted by Crippen LogP contribution is 2.21. The molecule has 0 saturated heterocycles. The Morgan fingerprint density at radius 1 is 1.55 bits per heavy atom. The molecule has 0 aromatic carbocycles. The van der Waals surface area contributed by atoms with Gasteiger partial charge in [-0.05, 0) is 6.07 Å². The molecule has 58 valence electrons. The van der Waals surface area contributed by atoms with E-state index in [1.807, 2.05) is 0 Å². The Morgan fingerprint density at radius 3 is 2.82 bits per heavy atom. The fraction of sp³-hybridized carbons (Fsp3) is 0. The second-order valence-electron chi connectivity index (χ2n) is 1.75. The number of hydrogen-bond acceptors (Lipinski definition) is 4. The molecule has 2 N–H and O–H groups in total. The minimum Gasteiger partial charge on any atom is -0.509 e. The summed E-state index contributed by atoms with van der Waals surface area (Å²) in [5.74, 6) is 0.143. The molecule has 0 fully saturated rings. The number of rotatable bonds is 2. The minimum absolute atomic E-state index is 0.143. The van der Waals surface area contributed by atoms with E-state index in [1.165, 1.54) is 18.5 Å². The van der Waals surface area contributed by atoms with Crippen LogP contribution >= 0.6 is 11.6 Å². The fourth-order valence-corrected chi connectivity index (χ4v) is 0.713. The zero-order valence-electron chi connectivity index (χ0n) is 5.44. The van der Waals surface area contributed by atoms with Crippen molar-refractivity contribution in [2.75, 3.05) is 0 Å². The number of hydrogen-bond donors (Lipinski definition) is 2. The highest BCUT2D eigenvalue weighted by Gasteiger charge is 2.12. The van der Waals surface area contributed by atoms with Crippen molar-refractivity contribution in [1.29, 1.82) is 0 Å². The molecule has 0 unspecified atom stereocenters. The SMILES string of the molecule is OB(O)Oc1cnccc1Cl. The third-order valence-electron chi connectivity index (χ3n) is 0.966. The quantitative estimate of drug-likeness (QED) is 0.622. The maximum absolute atomic E-state index is 8.38. The third kappa shape index (κ3) is 2.38. The molecule has 4 nitrogen and oxygen atoms in total. The van der Waals surface area contributed by atoms with Crippen LogP contribution in [0.5, 0.6) is 5.75 Å². The highest BCUT2D eigenvalue weighted by atomic mass is 35.5. The van der Waals surface area contributed by atoms with Gasteiger partial charge in [-0.15, -0.1) is 0 Å². The van der Waals surface area contributed by atoms with Gasteiger partial charge in [-0.1, -0.05) is 11.6 Å². The summed E-state index contributed by atoms with van der Waals surface area (Å²) in [6.07, 6.45) is 2.76. The molecule has 0 aliphatic heterocycles. The topological polar surface area (TPSA) is 62.6 Å². The van der Waals surface area contributed by atoms with Crippen molar-refractivity contribution in [3.63, 3.8) is 0 Å². The molecule has 1 aromatic rings. The normalized spacial score (nSPS) is 9.36. The number of nitrogens with zero attached hydrogens (tertiary/aromatic N) is 1. The maximum atomic E-state index is 8.38. The molecule has 1 aromatic heterocycles. The van der Waals surface area contributed by atoms with E-state index in [-0.39, 0.29) is 10.8 Å². The Labute approximate surface area is 68.6 Å². The van der Waals surface area contributed by atoms with Crippen molar-refractivity contribution in [1.82, 2.24) is 4.98 Å². The summed E-state index contributed by atoms with van der Waals surface area (Å²) >= 11 is 5.58. The summed E-state index contributed by atoms with van der Waals surface area (Å²) in [4.78, 5) is 3.67. The van der Waals surface area contributed by atoms with Crippen LogP contribution in [0.2, 0.25) is 5.02 Å². The van der Waals surface area contributed by atoms with Crippen LogP contribution in [-0.4, -0.2) is 22.4 Å². The first-order chi connectivity index (χ1) is 5.20. The smallest absolute Gasteiger partial charge is 0.509 e. The van der Waals surface area contributed by atoms with Gasteiger partial charge >= 0.3 is 7.32 Å². The molecule has 0 amide bonds. The van der Waals surface area contributed by atoms with Crippen LogP contribution < -0.4 is 4.65 Å². The van der Waals surface area contributed by atoms with Gasteiger partial charge in [-0.2, -0.15) is 0 Å². The minimum atomic E-state index is -1.86. The van der Waals surface area contributed by atoms with E-state index in [2.05, 4.69) is 9.64 Å². The summed E-state index contributed by atoms with van der Waals surface area (Å²) < 4.78 is 4.46. The van der Waals surface area contributed by atoms with Gasteiger partial charge in [0.25, 0.3) is 0 Å². The predicted octanol–water partition coefficient (Wildman–Crippen LogP) is 0.0833. The third-order valence-corrected chi connectivity index (χ3v) is 1.28. The van der Waals surface area contributed by atoms with Gasteiger partial charge in [0, 0.05) is 6.20 Å². The molecule has 0 spiro atoms. The zero-order valence-corrected chi connectivity index (χ0v) is 6.19. The molecular weight excluding hydrogens is 168 g/mol. The van der Waals surface area contributed by atoms with E-state index in [4.69, 9.17) is 21.6 Å². The molecule has 0 aliphatic rings. The monoisotopic (exact) mass is 173 g/mol. The first-order valence-electron chi connectivity index (χ1n) is 2.82. The van der Waals surface area contributed by atoms with E-state index in [0.29, 0.717) is 0 Å². The average molecular weight is 173 g/mol. The Kier molecular flexibility index (Phi) is 2.70. The fourth-order valence-electron chi connectivity index (χ4n) is 0.563. The van der Waals surface area contributed by atoms with Crippen molar-refractivity contribution >= 4 is 18.9 Å². The molecule has 1 rings (SSSR count). The number of halogens is 1. The average Bonchev–Trinajstić information content (AvgIpc) is 1.93. The van der Waals surface area contributed by atoms with E-state index in [1.54, 1.807) is 0 Å². The van der Waals surface area contributed by atoms with Gasteiger partial charge in [0.1, 0.15) is 5.75 Å². The molecule has 0 saturated carbocycles. The Hall–Kier alpha value is -0.775. The largest absolute Gasteiger partial charge is 0.707 e. The summed E-state index contributed by atoms with van der Waals surface area (Å²) in [5, 5.41) is 17.0. The van der Waals surface area contributed by atoms with Crippen LogP contribution in [0.3, 0.4) is 0 Å². The lowest BCUT2D eigenvalue weighted by molar-refractivity contribution is 0.288. The molecule has 0 atom stereocenters. The summed E-state index contributed by atoms with van der Waals surface area (Å²) in [6, 6.07) is 1.49. The van der Waals surface area contributed by atoms with Crippen LogP contribution in [0.4, 0.5) is 0 Å². The summed E-state index contributed by atoms with van der Waals surface area (Å²) in [6.45, 7) is 0. The standard InChI is InChI=1S/C5H5BClNO3/c7-4-1-2-8-3-5(4)11-6(9)10/h1-3,9-10H. The van der Waals surface area contributed by atoms with E-state index in [9.17, 15) is 0 Å². The Morgan fingerprint density at radius 2 is 2.27 bits per heavy atom. The lowest BCUT2D eigenvalue weighted by Gasteiger charge is -2.04. The van der Waals surface area contributed by atoms with Crippen LogP contribution in [0.25, 0.3) is 0 Å². The predicted molar refractivity (Wildman–Crippen MR) is 40.1 cm³/mol. The van der Waals surface area contributed by atoms with Crippen molar-refractivity contribution in [3.05, 3.63) is 23.5 Å². The summed E-state index contributed by atoms with van der Waals surface area (Å²) in [5.41, 5.74) is 0. The first-order valence-corrected chi connectivity index (χ1v) is 3.20. The first kappa shape index (κ1) is 8.32. The Balaban J connectivity index is 2.78. The molecule has 6 heteroatoms. The van der Waals surface area contributed by atoms with Gasteiger partial charge in [-0.3, -0.25) is 4.98 Å². The maximum Gasteiger partial charge on any atom is 0.707 e. The van der Waals surface area contributed by atoms with E-state index >= 15 is 0 Å². The molecule has 11 heavy (non-hydrogen) atoms. The molecule has 0 aliphatic carbocycles. The van der Waals surface area contributed by atoms with Gasteiger partial charge in [-0.25, -0.2) is 0 Å². The van der Waals surface area contributed by atoms with Crippen molar-refractivity contribution in [3.8, 4) is 5.75 Å². The zero-order chi connectivity index (χ0) is 8.27. The summed E-state index contributed by atoms with van der Waals surface area (Å²) in [7, 11) is -1.86. The molecular formula is C5H5BClNO3. The van der Waals surface area contributed by atoms with Crippen molar-refractivity contribution in [2.45, 2.75) is 0 Å². The van der Waals surface area contributed by atoms with Crippen LogP contribution in [0.15, 0.2) is 18.5 Å². The lowest BCUT2D eigenvalue weighted by Crippen LogP contribution is -2.20. The van der Waals surface area contributed by atoms with E-state index in [0.717, 1.165) is 0 Å². The highest BCUT2D eigenvalue weighted by molar-refractivity contribution is 6.36. The van der Waals surface area contributed by atoms with Crippen molar-refractivity contribution in [2.24, 2.45) is 0 Å². The van der Waals surface area contributed by atoms with Crippen LogP contribution in [0.1, 0.15) is 0 Å². The van der Waals surface area contributed by atoms with Gasteiger partial charge in [0.05, 0.1) is 11.2 Å². The van der Waals surface area contributed by atoms with Crippen molar-refractivity contribution < 1.29 is 14.7 Å². The number of pyridine rings is 1. The van der Waals surface area contributed by atoms with Gasteiger partial charge in [0.15, 0.2) is 0 Å². The lowest BCUT2D eigenvalue weighted by atomic mass is 10.2.